The maximum atomic E-state index is 14.3. The summed E-state index contributed by atoms with van der Waals surface area (Å²) in [5.74, 6) is 0.511. The highest BCUT2D eigenvalue weighted by atomic mass is 35.5. The summed E-state index contributed by atoms with van der Waals surface area (Å²) in [5.41, 5.74) is 1.64. The first-order valence-corrected chi connectivity index (χ1v) is 12.6. The third-order valence-corrected chi connectivity index (χ3v) is 7.00. The second kappa shape index (κ2) is 9.54. The number of Topliss-reactive ketones (excluding diaryl/α,β-unsaturated/α-hetero) is 1. The molecule has 6 nitrogen and oxygen atoms in total. The predicted molar refractivity (Wildman–Crippen MR) is 141 cm³/mol. The predicted octanol–water partition coefficient (Wildman–Crippen LogP) is 6.86. The SMILES string of the molecule is O=C1CCCC2=C1C(c1ccc(Cl)cc1)c1c(nc(Oc3ccccc3)n(-c3ccc(Cl)cc3)c1=O)O2. The van der Waals surface area contributed by atoms with Crippen molar-refractivity contribution in [3.63, 3.8) is 0 Å². The van der Waals surface area contributed by atoms with Crippen molar-refractivity contribution in [2.75, 3.05) is 0 Å². The van der Waals surface area contributed by atoms with E-state index in [1.807, 2.05) is 30.3 Å². The smallest absolute Gasteiger partial charge is 0.312 e. The van der Waals surface area contributed by atoms with Gasteiger partial charge in [-0.15, -0.1) is 0 Å². The van der Waals surface area contributed by atoms with E-state index < -0.39 is 11.5 Å². The quantitative estimate of drug-likeness (QED) is 0.288. The first kappa shape index (κ1) is 23.5. The molecule has 2 heterocycles. The Morgan fingerprint density at radius 2 is 1.54 bits per heavy atom. The summed E-state index contributed by atoms with van der Waals surface area (Å²) < 4.78 is 13.6. The molecule has 0 amide bonds. The van der Waals surface area contributed by atoms with Crippen LogP contribution in [0.3, 0.4) is 0 Å². The standard InChI is InChI=1S/C29H20Cl2N2O4/c30-18-11-9-17(10-12-18)24-25-22(34)7-4-8-23(25)37-27-26(24)28(35)33(20-15-13-19(31)14-16-20)29(32-27)36-21-5-2-1-3-6-21/h1-3,5-6,9-16,24H,4,7-8H2. The molecule has 8 heteroatoms. The Bertz CT molecular complexity index is 1590. The minimum Gasteiger partial charge on any atom is -0.442 e. The monoisotopic (exact) mass is 530 g/mol. The lowest BCUT2D eigenvalue weighted by atomic mass is 9.78. The molecule has 1 aliphatic carbocycles. The Hall–Kier alpha value is -3.87. The molecule has 3 aromatic carbocycles. The number of ketones is 1. The van der Waals surface area contributed by atoms with Crippen LogP contribution >= 0.6 is 23.2 Å². The zero-order valence-corrected chi connectivity index (χ0v) is 21.0. The van der Waals surface area contributed by atoms with E-state index in [-0.39, 0.29) is 23.2 Å². The van der Waals surface area contributed by atoms with Crippen LogP contribution in [0.2, 0.25) is 10.0 Å². The molecule has 1 atom stereocenters. The highest BCUT2D eigenvalue weighted by molar-refractivity contribution is 6.30. The van der Waals surface area contributed by atoms with E-state index in [4.69, 9.17) is 37.7 Å². The Labute approximate surface area is 222 Å². The van der Waals surface area contributed by atoms with Crippen LogP contribution in [0, 0.1) is 0 Å². The third kappa shape index (κ3) is 4.32. The van der Waals surface area contributed by atoms with Crippen molar-refractivity contribution < 1.29 is 14.3 Å². The van der Waals surface area contributed by atoms with E-state index in [2.05, 4.69) is 0 Å². The number of carbonyl (C=O) groups excluding carboxylic acids is 1. The normalized spacial score (nSPS) is 16.6. The van der Waals surface area contributed by atoms with Gasteiger partial charge in [0.2, 0.25) is 5.88 Å². The number of hydrogen-bond donors (Lipinski definition) is 0. The molecule has 6 rings (SSSR count). The van der Waals surface area contributed by atoms with Crippen molar-refractivity contribution in [2.24, 2.45) is 0 Å². The minimum absolute atomic E-state index is 0.0334. The van der Waals surface area contributed by atoms with E-state index in [0.29, 0.717) is 52.1 Å². The van der Waals surface area contributed by atoms with Gasteiger partial charge in [0.15, 0.2) is 5.78 Å². The number of ether oxygens (including phenoxy) is 2. The summed E-state index contributed by atoms with van der Waals surface area (Å²) in [6.45, 7) is 0. The van der Waals surface area contributed by atoms with Crippen LogP contribution in [0.4, 0.5) is 0 Å². The highest BCUT2D eigenvalue weighted by Gasteiger charge is 2.40. The number of aromatic nitrogens is 2. The van der Waals surface area contributed by atoms with Gasteiger partial charge in [-0.1, -0.05) is 53.5 Å². The van der Waals surface area contributed by atoms with Crippen LogP contribution in [0.5, 0.6) is 17.6 Å². The zero-order valence-electron chi connectivity index (χ0n) is 19.5. The van der Waals surface area contributed by atoms with Crippen LogP contribution in [0.15, 0.2) is 95.0 Å². The number of benzene rings is 3. The molecule has 2 aliphatic rings. The van der Waals surface area contributed by atoms with E-state index in [9.17, 15) is 9.59 Å². The van der Waals surface area contributed by atoms with E-state index in [1.54, 1.807) is 48.5 Å². The largest absolute Gasteiger partial charge is 0.442 e. The highest BCUT2D eigenvalue weighted by Crippen LogP contribution is 2.45. The first-order valence-electron chi connectivity index (χ1n) is 11.8. The fourth-order valence-electron chi connectivity index (χ4n) is 4.81. The molecular formula is C29H20Cl2N2O4. The van der Waals surface area contributed by atoms with E-state index in [0.717, 1.165) is 5.56 Å². The van der Waals surface area contributed by atoms with Crippen molar-refractivity contribution in [1.82, 2.24) is 9.55 Å². The third-order valence-electron chi connectivity index (χ3n) is 6.50. The van der Waals surface area contributed by atoms with Crippen molar-refractivity contribution in [2.45, 2.75) is 25.2 Å². The van der Waals surface area contributed by atoms with Gasteiger partial charge < -0.3 is 9.47 Å². The number of rotatable bonds is 4. The number of carbonyl (C=O) groups is 1. The molecule has 0 spiro atoms. The minimum atomic E-state index is -0.645. The van der Waals surface area contributed by atoms with E-state index in [1.165, 1.54) is 4.57 Å². The van der Waals surface area contributed by atoms with Crippen LogP contribution < -0.4 is 15.0 Å². The van der Waals surface area contributed by atoms with Crippen molar-refractivity contribution >= 4 is 29.0 Å². The number of fused-ring (bicyclic) bond motifs is 1. The zero-order chi connectivity index (χ0) is 25.5. The summed E-state index contributed by atoms with van der Waals surface area (Å²) in [5, 5.41) is 1.08. The number of para-hydroxylation sites is 1. The van der Waals surface area contributed by atoms with Gasteiger partial charge >= 0.3 is 6.01 Å². The number of nitrogens with zero attached hydrogens (tertiary/aromatic N) is 2. The molecular weight excluding hydrogens is 511 g/mol. The lowest BCUT2D eigenvalue weighted by Crippen LogP contribution is -2.34. The van der Waals surface area contributed by atoms with Crippen molar-refractivity contribution in [1.29, 1.82) is 0 Å². The second-order valence-corrected chi connectivity index (χ2v) is 9.72. The Kier molecular flexibility index (Phi) is 6.07. The molecule has 4 aromatic rings. The molecule has 37 heavy (non-hydrogen) atoms. The molecule has 1 aromatic heterocycles. The van der Waals surface area contributed by atoms with Gasteiger partial charge in [0, 0.05) is 28.5 Å². The topological polar surface area (TPSA) is 70.4 Å². The average molecular weight is 531 g/mol. The van der Waals surface area contributed by atoms with Gasteiger partial charge in [0.1, 0.15) is 11.5 Å². The molecule has 1 unspecified atom stereocenters. The maximum Gasteiger partial charge on any atom is 0.312 e. The Balaban J connectivity index is 1.62. The van der Waals surface area contributed by atoms with Gasteiger partial charge in [-0.05, 0) is 60.5 Å². The molecule has 1 aliphatic heterocycles. The molecule has 0 N–H and O–H groups in total. The Morgan fingerprint density at radius 1 is 0.865 bits per heavy atom. The molecule has 184 valence electrons. The summed E-state index contributed by atoms with van der Waals surface area (Å²) >= 11 is 12.3. The summed E-state index contributed by atoms with van der Waals surface area (Å²) in [7, 11) is 0. The van der Waals surface area contributed by atoms with Crippen LogP contribution in [-0.2, 0) is 4.79 Å². The number of halogens is 2. The Morgan fingerprint density at radius 3 is 2.24 bits per heavy atom. The average Bonchev–Trinajstić information content (AvgIpc) is 2.90. The summed E-state index contributed by atoms with van der Waals surface area (Å²) in [4.78, 5) is 32.2. The van der Waals surface area contributed by atoms with Gasteiger partial charge in [-0.25, -0.2) is 4.57 Å². The second-order valence-electron chi connectivity index (χ2n) is 8.85. The summed E-state index contributed by atoms with van der Waals surface area (Å²) in [6.07, 6.45) is 1.66. The van der Waals surface area contributed by atoms with Crippen molar-refractivity contribution in [3.8, 4) is 23.3 Å². The summed E-state index contributed by atoms with van der Waals surface area (Å²) in [6, 6.07) is 23.1. The number of hydrogen-bond acceptors (Lipinski definition) is 5. The van der Waals surface area contributed by atoms with E-state index >= 15 is 0 Å². The lowest BCUT2D eigenvalue weighted by Gasteiger charge is -2.32. The van der Waals surface area contributed by atoms with Gasteiger partial charge in [0.05, 0.1) is 17.2 Å². The van der Waals surface area contributed by atoms with Crippen LogP contribution in [-0.4, -0.2) is 15.3 Å². The molecule has 0 radical (unpaired) electrons. The lowest BCUT2D eigenvalue weighted by molar-refractivity contribution is -0.116. The molecule has 0 fully saturated rings. The van der Waals surface area contributed by atoms with Gasteiger partial charge in [0.25, 0.3) is 5.56 Å². The maximum absolute atomic E-state index is 14.3. The first-order chi connectivity index (χ1) is 18.0. The molecule has 0 saturated heterocycles. The van der Waals surface area contributed by atoms with Crippen molar-refractivity contribution in [3.05, 3.63) is 122 Å². The van der Waals surface area contributed by atoms with Crippen LogP contribution in [0.25, 0.3) is 5.69 Å². The molecule has 0 bridgehead atoms. The van der Waals surface area contributed by atoms with Gasteiger partial charge in [-0.3, -0.25) is 9.59 Å². The fraction of sp³-hybridized carbons (Fsp3) is 0.138. The van der Waals surface area contributed by atoms with Crippen LogP contribution in [0.1, 0.15) is 36.3 Å². The fourth-order valence-corrected chi connectivity index (χ4v) is 5.06. The molecule has 0 saturated carbocycles. The van der Waals surface area contributed by atoms with Gasteiger partial charge in [-0.2, -0.15) is 4.98 Å². The number of allylic oxidation sites excluding steroid dienone is 2.